The van der Waals surface area contributed by atoms with E-state index in [1.165, 1.54) is 0 Å². The van der Waals surface area contributed by atoms with Crippen LogP contribution in [0.2, 0.25) is 0 Å². The zero-order valence-electron chi connectivity index (χ0n) is 15.9. The number of aryl methyl sites for hydroxylation is 1. The van der Waals surface area contributed by atoms with Crippen LogP contribution in [0.15, 0.2) is 4.52 Å². The summed E-state index contributed by atoms with van der Waals surface area (Å²) in [5.41, 5.74) is 1.49. The summed E-state index contributed by atoms with van der Waals surface area (Å²) in [6, 6.07) is 0. The van der Waals surface area contributed by atoms with Gasteiger partial charge in [0.2, 0.25) is 5.91 Å². The second-order valence-corrected chi connectivity index (χ2v) is 8.36. The van der Waals surface area contributed by atoms with E-state index in [9.17, 15) is 9.59 Å². The summed E-state index contributed by atoms with van der Waals surface area (Å²) in [7, 11) is 0. The highest BCUT2D eigenvalue weighted by atomic mass is 16.5. The Hall–Kier alpha value is -1.89. The van der Waals surface area contributed by atoms with Crippen LogP contribution in [0, 0.1) is 5.41 Å². The van der Waals surface area contributed by atoms with Gasteiger partial charge in [0.1, 0.15) is 5.76 Å². The van der Waals surface area contributed by atoms with E-state index in [4.69, 9.17) is 9.63 Å². The number of rotatable bonds is 4. The standard InChI is InChI=1S/C20H29N3O4/c24-12-4-11-22-13-20(9-7-17(22)25)8-3-10-23(14-20)19(26)18-15-5-1-2-6-16(15)27-21-18/h24H,1-14H2/t20-/m0/s1. The summed E-state index contributed by atoms with van der Waals surface area (Å²) in [4.78, 5) is 29.2. The highest BCUT2D eigenvalue weighted by Crippen LogP contribution is 2.39. The Morgan fingerprint density at radius 2 is 2.00 bits per heavy atom. The number of hydrogen-bond donors (Lipinski definition) is 1. The molecule has 0 radical (unpaired) electrons. The van der Waals surface area contributed by atoms with E-state index in [1.807, 2.05) is 9.80 Å². The molecule has 1 N–H and O–H groups in total. The summed E-state index contributed by atoms with van der Waals surface area (Å²) in [5, 5.41) is 13.2. The average molecular weight is 375 g/mol. The summed E-state index contributed by atoms with van der Waals surface area (Å²) >= 11 is 0. The van der Waals surface area contributed by atoms with Gasteiger partial charge in [0, 0.05) is 56.6 Å². The Kier molecular flexibility index (Phi) is 5.21. The summed E-state index contributed by atoms with van der Waals surface area (Å²) in [6.45, 7) is 2.80. The molecular formula is C20H29N3O4. The SMILES string of the molecule is O=C1CC[C@@]2(CCCN(C(=O)c3noc4c3CCCC4)C2)CN1CCCO. The van der Waals surface area contributed by atoms with Crippen LogP contribution in [0.4, 0.5) is 0 Å². The molecule has 1 aromatic heterocycles. The van der Waals surface area contributed by atoms with Crippen LogP contribution >= 0.6 is 0 Å². The molecule has 0 bridgehead atoms. The van der Waals surface area contributed by atoms with Gasteiger partial charge in [-0.3, -0.25) is 9.59 Å². The van der Waals surface area contributed by atoms with Crippen LogP contribution in [0.1, 0.15) is 66.8 Å². The predicted octanol–water partition coefficient (Wildman–Crippen LogP) is 1.78. The van der Waals surface area contributed by atoms with Crippen LogP contribution in [-0.4, -0.2) is 64.7 Å². The maximum atomic E-state index is 13.2. The molecule has 7 heteroatoms. The molecule has 1 atom stereocenters. The van der Waals surface area contributed by atoms with Gasteiger partial charge in [-0.2, -0.15) is 0 Å². The van der Waals surface area contributed by atoms with Crippen LogP contribution in [0.25, 0.3) is 0 Å². The van der Waals surface area contributed by atoms with E-state index in [0.717, 1.165) is 62.8 Å². The molecule has 0 unspecified atom stereocenters. The highest BCUT2D eigenvalue weighted by Gasteiger charge is 2.43. The first-order chi connectivity index (χ1) is 13.1. The largest absolute Gasteiger partial charge is 0.396 e. The molecule has 3 heterocycles. The number of amides is 2. The monoisotopic (exact) mass is 375 g/mol. The van der Waals surface area contributed by atoms with Crippen LogP contribution in [0.5, 0.6) is 0 Å². The zero-order valence-corrected chi connectivity index (χ0v) is 15.9. The molecule has 2 amide bonds. The Balaban J connectivity index is 1.48. The number of carbonyl (C=O) groups is 2. The van der Waals surface area contributed by atoms with Gasteiger partial charge in [-0.1, -0.05) is 5.16 Å². The molecule has 2 saturated heterocycles. The average Bonchev–Trinajstić information content (AvgIpc) is 3.12. The summed E-state index contributed by atoms with van der Waals surface area (Å²) in [5.74, 6) is 1.04. The van der Waals surface area contributed by atoms with Gasteiger partial charge < -0.3 is 19.4 Å². The number of fused-ring (bicyclic) bond motifs is 1. The normalized spacial score (nSPS) is 25.7. The molecule has 1 spiro atoms. The van der Waals surface area contributed by atoms with Gasteiger partial charge in [0.25, 0.3) is 5.91 Å². The number of aromatic nitrogens is 1. The third kappa shape index (κ3) is 3.61. The van der Waals surface area contributed by atoms with Crippen molar-refractivity contribution in [2.24, 2.45) is 5.41 Å². The van der Waals surface area contributed by atoms with Crippen molar-refractivity contribution in [2.45, 2.75) is 57.8 Å². The lowest BCUT2D eigenvalue weighted by atomic mass is 9.73. The van der Waals surface area contributed by atoms with Gasteiger partial charge in [-0.05, 0) is 44.9 Å². The Labute approximate surface area is 159 Å². The summed E-state index contributed by atoms with van der Waals surface area (Å²) < 4.78 is 5.44. The van der Waals surface area contributed by atoms with E-state index in [2.05, 4.69) is 5.16 Å². The first kappa shape index (κ1) is 18.5. The number of nitrogens with zero attached hydrogens (tertiary/aromatic N) is 3. The molecule has 0 aromatic carbocycles. The van der Waals surface area contributed by atoms with E-state index < -0.39 is 0 Å². The van der Waals surface area contributed by atoms with Gasteiger partial charge >= 0.3 is 0 Å². The topological polar surface area (TPSA) is 86.9 Å². The van der Waals surface area contributed by atoms with E-state index in [1.54, 1.807) is 0 Å². The molecule has 2 fully saturated rings. The maximum Gasteiger partial charge on any atom is 0.276 e. The van der Waals surface area contributed by atoms with Gasteiger partial charge in [0.15, 0.2) is 5.69 Å². The fourth-order valence-corrected chi connectivity index (χ4v) is 4.98. The van der Waals surface area contributed by atoms with Gasteiger partial charge in [-0.25, -0.2) is 0 Å². The molecule has 1 aliphatic carbocycles. The zero-order chi connectivity index (χ0) is 18.9. The Bertz CT molecular complexity index is 716. The minimum Gasteiger partial charge on any atom is -0.396 e. The van der Waals surface area contributed by atoms with Crippen molar-refractivity contribution >= 4 is 11.8 Å². The van der Waals surface area contributed by atoms with Crippen LogP contribution in [0.3, 0.4) is 0 Å². The van der Waals surface area contributed by atoms with Crippen molar-refractivity contribution in [1.82, 2.24) is 15.0 Å². The number of hydrogen-bond acceptors (Lipinski definition) is 5. The molecule has 4 rings (SSSR count). The third-order valence-corrected chi connectivity index (χ3v) is 6.44. The number of aliphatic hydroxyl groups excluding tert-OH is 1. The minimum atomic E-state index is -0.0267. The number of piperidine rings is 2. The number of aliphatic hydroxyl groups is 1. The fourth-order valence-electron chi connectivity index (χ4n) is 4.98. The second-order valence-electron chi connectivity index (χ2n) is 8.36. The first-order valence-corrected chi connectivity index (χ1v) is 10.3. The van der Waals surface area contributed by atoms with Crippen LogP contribution in [-0.2, 0) is 17.6 Å². The lowest BCUT2D eigenvalue weighted by Crippen LogP contribution is -2.55. The van der Waals surface area contributed by atoms with E-state index >= 15 is 0 Å². The summed E-state index contributed by atoms with van der Waals surface area (Å²) in [6.07, 6.45) is 7.90. The Morgan fingerprint density at radius 3 is 2.85 bits per heavy atom. The van der Waals surface area contributed by atoms with Crippen LogP contribution < -0.4 is 0 Å². The number of carbonyl (C=O) groups excluding carboxylic acids is 2. The van der Waals surface area contributed by atoms with E-state index in [0.29, 0.717) is 38.2 Å². The molecule has 7 nitrogen and oxygen atoms in total. The number of likely N-dealkylation sites (tertiary alicyclic amines) is 2. The van der Waals surface area contributed by atoms with Crippen molar-refractivity contribution in [3.05, 3.63) is 17.0 Å². The lowest BCUT2D eigenvalue weighted by Gasteiger charge is -2.48. The molecule has 148 valence electrons. The van der Waals surface area contributed by atoms with Crippen molar-refractivity contribution in [2.75, 3.05) is 32.8 Å². The highest BCUT2D eigenvalue weighted by molar-refractivity contribution is 5.94. The quantitative estimate of drug-likeness (QED) is 0.867. The van der Waals surface area contributed by atoms with Crippen molar-refractivity contribution < 1.29 is 19.2 Å². The molecular weight excluding hydrogens is 346 g/mol. The molecule has 2 aliphatic heterocycles. The third-order valence-electron chi connectivity index (χ3n) is 6.44. The van der Waals surface area contributed by atoms with Gasteiger partial charge in [0.05, 0.1) is 0 Å². The van der Waals surface area contributed by atoms with Crippen molar-refractivity contribution in [3.8, 4) is 0 Å². The fraction of sp³-hybridized carbons (Fsp3) is 0.750. The van der Waals surface area contributed by atoms with Crippen molar-refractivity contribution in [1.29, 1.82) is 0 Å². The molecule has 3 aliphatic rings. The predicted molar refractivity (Wildman–Crippen MR) is 98.2 cm³/mol. The maximum absolute atomic E-state index is 13.2. The molecule has 1 aromatic rings. The van der Waals surface area contributed by atoms with Crippen molar-refractivity contribution in [3.63, 3.8) is 0 Å². The Morgan fingerprint density at radius 1 is 1.15 bits per heavy atom. The second kappa shape index (κ2) is 7.62. The smallest absolute Gasteiger partial charge is 0.276 e. The lowest BCUT2D eigenvalue weighted by molar-refractivity contribution is -0.139. The molecule has 0 saturated carbocycles. The van der Waals surface area contributed by atoms with E-state index in [-0.39, 0.29) is 23.8 Å². The minimum absolute atomic E-state index is 0.0141. The first-order valence-electron chi connectivity index (χ1n) is 10.3. The van der Waals surface area contributed by atoms with Gasteiger partial charge in [-0.15, -0.1) is 0 Å². The molecule has 27 heavy (non-hydrogen) atoms.